The Morgan fingerprint density at radius 2 is 2.30 bits per heavy atom. The summed E-state index contributed by atoms with van der Waals surface area (Å²) < 4.78 is 44.3. The van der Waals surface area contributed by atoms with Crippen LogP contribution in [0.2, 0.25) is 0 Å². The highest BCUT2D eigenvalue weighted by atomic mass is 19.3. The second kappa shape index (κ2) is 5.80. The number of carbonyl (C=O) groups is 1. The van der Waals surface area contributed by atoms with Crippen LogP contribution in [0.1, 0.15) is 12.0 Å². The van der Waals surface area contributed by atoms with Gasteiger partial charge in [0.25, 0.3) is 5.92 Å². The number of hydrazine groups is 1. The van der Waals surface area contributed by atoms with Crippen LogP contribution in [0, 0.1) is 5.82 Å². The molecule has 1 saturated heterocycles. The molecule has 1 unspecified atom stereocenters. The first-order chi connectivity index (χ1) is 9.41. The van der Waals surface area contributed by atoms with Gasteiger partial charge in [0.15, 0.2) is 0 Å². The molecule has 0 bridgehead atoms. The number of nitrogens with zero attached hydrogens (tertiary/aromatic N) is 1. The molecule has 1 atom stereocenters. The summed E-state index contributed by atoms with van der Waals surface area (Å²) in [6.45, 7) is -0.427. The second-order valence-electron chi connectivity index (χ2n) is 4.69. The number of hydrogen-bond acceptors (Lipinski definition) is 4. The molecular formula is C13H15F3N2O2. The van der Waals surface area contributed by atoms with Crippen molar-refractivity contribution in [3.63, 3.8) is 0 Å². The van der Waals surface area contributed by atoms with Crippen molar-refractivity contribution in [1.29, 1.82) is 0 Å². The average Bonchev–Trinajstić information content (AvgIpc) is 2.71. The van der Waals surface area contributed by atoms with Gasteiger partial charge in [-0.3, -0.25) is 4.79 Å². The van der Waals surface area contributed by atoms with Crippen molar-refractivity contribution in [2.24, 2.45) is 0 Å². The van der Waals surface area contributed by atoms with E-state index >= 15 is 0 Å². The van der Waals surface area contributed by atoms with Crippen molar-refractivity contribution in [3.05, 3.63) is 35.6 Å². The van der Waals surface area contributed by atoms with Gasteiger partial charge in [0.1, 0.15) is 11.9 Å². The standard InChI is InChI=1S/C13H15F3N2O2/c1-20-12(19)11-6-13(15,16)8-18(11)17-7-9-3-2-4-10(14)5-9/h2-5,11,17H,6-8H2,1H3. The Kier molecular flexibility index (Phi) is 4.29. The molecule has 2 rings (SSSR count). The van der Waals surface area contributed by atoms with Crippen molar-refractivity contribution in [2.45, 2.75) is 24.9 Å². The number of esters is 1. The van der Waals surface area contributed by atoms with Crippen LogP contribution in [0.25, 0.3) is 0 Å². The quantitative estimate of drug-likeness (QED) is 0.857. The van der Waals surface area contributed by atoms with Gasteiger partial charge >= 0.3 is 5.97 Å². The molecule has 1 aliphatic rings. The van der Waals surface area contributed by atoms with Gasteiger partial charge in [-0.25, -0.2) is 23.6 Å². The molecule has 7 heteroatoms. The number of carbonyl (C=O) groups excluding carboxylic acids is 1. The van der Waals surface area contributed by atoms with Crippen molar-refractivity contribution in [3.8, 4) is 0 Å². The van der Waals surface area contributed by atoms with Crippen molar-refractivity contribution < 1.29 is 22.7 Å². The van der Waals surface area contributed by atoms with Crippen LogP contribution in [0.3, 0.4) is 0 Å². The maximum Gasteiger partial charge on any atom is 0.324 e. The summed E-state index contributed by atoms with van der Waals surface area (Å²) in [4.78, 5) is 11.5. The van der Waals surface area contributed by atoms with Gasteiger partial charge in [0.05, 0.1) is 13.7 Å². The fourth-order valence-corrected chi connectivity index (χ4v) is 2.17. The molecule has 1 heterocycles. The van der Waals surface area contributed by atoms with E-state index in [-0.39, 0.29) is 6.54 Å². The third-order valence-corrected chi connectivity index (χ3v) is 3.12. The van der Waals surface area contributed by atoms with Gasteiger partial charge < -0.3 is 4.74 Å². The van der Waals surface area contributed by atoms with Crippen molar-refractivity contribution in [1.82, 2.24) is 10.4 Å². The lowest BCUT2D eigenvalue weighted by Crippen LogP contribution is -2.45. The van der Waals surface area contributed by atoms with Crippen LogP contribution >= 0.6 is 0 Å². The number of methoxy groups -OCH3 is 1. The molecule has 110 valence electrons. The van der Waals surface area contributed by atoms with E-state index in [0.717, 1.165) is 12.1 Å². The van der Waals surface area contributed by atoms with Gasteiger partial charge in [-0.15, -0.1) is 0 Å². The van der Waals surface area contributed by atoms with E-state index in [1.54, 1.807) is 6.07 Å². The molecule has 1 N–H and O–H groups in total. The lowest BCUT2D eigenvalue weighted by atomic mass is 10.2. The smallest absolute Gasteiger partial charge is 0.324 e. The Hall–Kier alpha value is -1.60. The fraction of sp³-hybridized carbons (Fsp3) is 0.462. The average molecular weight is 288 g/mol. The third kappa shape index (κ3) is 3.49. The Morgan fingerprint density at radius 3 is 2.95 bits per heavy atom. The molecule has 0 radical (unpaired) electrons. The van der Waals surface area contributed by atoms with Crippen molar-refractivity contribution in [2.75, 3.05) is 13.7 Å². The highest BCUT2D eigenvalue weighted by Gasteiger charge is 2.48. The van der Waals surface area contributed by atoms with Crippen molar-refractivity contribution >= 4 is 5.97 Å². The third-order valence-electron chi connectivity index (χ3n) is 3.12. The maximum atomic E-state index is 13.4. The second-order valence-corrected chi connectivity index (χ2v) is 4.69. The Labute approximate surface area is 114 Å². The molecule has 4 nitrogen and oxygen atoms in total. The van der Waals surface area contributed by atoms with E-state index in [2.05, 4.69) is 10.2 Å². The Morgan fingerprint density at radius 1 is 1.55 bits per heavy atom. The molecule has 1 fully saturated rings. The fourth-order valence-electron chi connectivity index (χ4n) is 2.17. The molecule has 1 aromatic rings. The maximum absolute atomic E-state index is 13.4. The van der Waals surface area contributed by atoms with Gasteiger partial charge in [-0.05, 0) is 17.7 Å². The van der Waals surface area contributed by atoms with Crippen LogP contribution < -0.4 is 5.43 Å². The summed E-state index contributed by atoms with van der Waals surface area (Å²) in [7, 11) is 1.16. The summed E-state index contributed by atoms with van der Waals surface area (Å²) >= 11 is 0. The Balaban J connectivity index is 2.01. The summed E-state index contributed by atoms with van der Waals surface area (Å²) in [6.07, 6.45) is -0.587. The number of halogens is 3. The molecule has 0 amide bonds. The van der Waals surface area contributed by atoms with E-state index in [1.165, 1.54) is 18.2 Å². The van der Waals surface area contributed by atoms with Crippen LogP contribution in [0.4, 0.5) is 13.2 Å². The van der Waals surface area contributed by atoms with Crippen LogP contribution in [-0.4, -0.2) is 36.6 Å². The molecule has 0 saturated carbocycles. The lowest BCUT2D eigenvalue weighted by Gasteiger charge is -2.22. The zero-order valence-electron chi connectivity index (χ0n) is 10.9. The van der Waals surface area contributed by atoms with E-state index in [4.69, 9.17) is 0 Å². The summed E-state index contributed by atoms with van der Waals surface area (Å²) in [5.74, 6) is -4.07. The van der Waals surface area contributed by atoms with Gasteiger partial charge in [-0.1, -0.05) is 12.1 Å². The monoisotopic (exact) mass is 288 g/mol. The van der Waals surface area contributed by atoms with Gasteiger partial charge in [0, 0.05) is 13.0 Å². The zero-order chi connectivity index (χ0) is 14.8. The van der Waals surface area contributed by atoms with Crippen LogP contribution in [0.5, 0.6) is 0 Å². The number of rotatable bonds is 4. The molecule has 0 spiro atoms. The van der Waals surface area contributed by atoms with Gasteiger partial charge in [0.2, 0.25) is 0 Å². The van der Waals surface area contributed by atoms with Crippen LogP contribution in [-0.2, 0) is 16.1 Å². The number of benzene rings is 1. The molecule has 0 aromatic heterocycles. The zero-order valence-corrected chi connectivity index (χ0v) is 10.9. The summed E-state index contributed by atoms with van der Waals surface area (Å²) in [6, 6.07) is 4.75. The number of hydrogen-bond donors (Lipinski definition) is 1. The molecular weight excluding hydrogens is 273 g/mol. The predicted molar refractivity (Wildman–Crippen MR) is 65.3 cm³/mol. The first-order valence-electron chi connectivity index (χ1n) is 6.11. The number of nitrogens with one attached hydrogen (secondary N) is 1. The van der Waals surface area contributed by atoms with E-state index in [0.29, 0.717) is 5.56 Å². The first kappa shape index (κ1) is 14.8. The van der Waals surface area contributed by atoms with Gasteiger partial charge in [-0.2, -0.15) is 0 Å². The summed E-state index contributed by atoms with van der Waals surface area (Å²) in [5, 5.41) is 1.15. The first-order valence-corrected chi connectivity index (χ1v) is 6.11. The highest BCUT2D eigenvalue weighted by molar-refractivity contribution is 5.76. The lowest BCUT2D eigenvalue weighted by molar-refractivity contribution is -0.147. The minimum Gasteiger partial charge on any atom is -0.468 e. The number of alkyl halides is 2. The molecule has 1 aromatic carbocycles. The van der Waals surface area contributed by atoms with E-state index < -0.39 is 36.7 Å². The SMILES string of the molecule is COC(=O)C1CC(F)(F)CN1NCc1cccc(F)c1. The molecule has 0 aliphatic carbocycles. The summed E-state index contributed by atoms with van der Waals surface area (Å²) in [5.41, 5.74) is 3.33. The minimum atomic E-state index is -2.95. The molecule has 1 aliphatic heterocycles. The number of ether oxygens (including phenoxy) is 1. The Bertz CT molecular complexity index is 496. The van der Waals surface area contributed by atoms with Crippen LogP contribution in [0.15, 0.2) is 24.3 Å². The predicted octanol–water partition coefficient (Wildman–Crippen LogP) is 1.71. The topological polar surface area (TPSA) is 41.6 Å². The highest BCUT2D eigenvalue weighted by Crippen LogP contribution is 2.31. The molecule has 20 heavy (non-hydrogen) atoms. The van der Waals surface area contributed by atoms with E-state index in [9.17, 15) is 18.0 Å². The largest absolute Gasteiger partial charge is 0.468 e. The minimum absolute atomic E-state index is 0.154. The van der Waals surface area contributed by atoms with E-state index in [1.807, 2.05) is 0 Å². The normalized spacial score (nSPS) is 21.9.